The third kappa shape index (κ3) is 0.739. The predicted octanol–water partition coefficient (Wildman–Crippen LogP) is 2.43. The molecule has 12 heavy (non-hydrogen) atoms. The molecule has 1 aliphatic carbocycles. The van der Waals surface area contributed by atoms with E-state index in [0.717, 1.165) is 5.92 Å². The fourth-order valence-corrected chi connectivity index (χ4v) is 2.31. The van der Waals surface area contributed by atoms with Gasteiger partial charge in [0, 0.05) is 11.2 Å². The van der Waals surface area contributed by atoms with Gasteiger partial charge < -0.3 is 5.32 Å². The maximum atomic E-state index is 3.63. The molecule has 2 atom stereocenters. The van der Waals surface area contributed by atoms with E-state index in [1.54, 1.807) is 0 Å². The average Bonchev–Trinajstić information content (AvgIpc) is 2.75. The molecule has 2 unspecified atom stereocenters. The normalized spacial score (nSPS) is 36.2. The van der Waals surface area contributed by atoms with Crippen LogP contribution in [0.3, 0.4) is 0 Å². The molecule has 2 heterocycles. The molecule has 1 heteroatoms. The van der Waals surface area contributed by atoms with Gasteiger partial charge in [-0.05, 0) is 36.5 Å². The van der Waals surface area contributed by atoms with Crippen LogP contribution in [0, 0.1) is 5.92 Å². The molecule has 1 aromatic carbocycles. The maximum absolute atomic E-state index is 3.63. The van der Waals surface area contributed by atoms with Crippen molar-refractivity contribution in [2.24, 2.45) is 5.92 Å². The summed E-state index contributed by atoms with van der Waals surface area (Å²) in [5.41, 5.74) is 3.20. The van der Waals surface area contributed by atoms with Crippen molar-refractivity contribution in [2.75, 3.05) is 5.32 Å². The average molecular weight is 159 g/mol. The van der Waals surface area contributed by atoms with E-state index in [1.807, 2.05) is 0 Å². The molecule has 1 aromatic rings. The summed E-state index contributed by atoms with van der Waals surface area (Å²) in [4.78, 5) is 0. The zero-order valence-electron chi connectivity index (χ0n) is 7.30. The first-order chi connectivity index (χ1) is 5.78. The zero-order chi connectivity index (χ0) is 8.18. The highest BCUT2D eigenvalue weighted by Gasteiger charge is 2.51. The van der Waals surface area contributed by atoms with Gasteiger partial charge in [0.05, 0.1) is 0 Å². The van der Waals surface area contributed by atoms with Crippen molar-refractivity contribution < 1.29 is 0 Å². The Morgan fingerprint density at radius 1 is 1.33 bits per heavy atom. The predicted molar refractivity (Wildman–Crippen MR) is 50.3 cm³/mol. The third-order valence-electron chi connectivity index (χ3n) is 3.32. The Bertz CT molecular complexity index is 287. The largest absolute Gasteiger partial charge is 0.379 e. The van der Waals surface area contributed by atoms with E-state index in [0.29, 0.717) is 5.54 Å². The molecule has 62 valence electrons. The molecule has 0 radical (unpaired) electrons. The van der Waals surface area contributed by atoms with Crippen molar-refractivity contribution >= 4 is 5.69 Å². The van der Waals surface area contributed by atoms with Crippen LogP contribution in [-0.4, -0.2) is 5.54 Å². The van der Waals surface area contributed by atoms with Crippen molar-refractivity contribution in [1.29, 1.82) is 0 Å². The molecule has 1 N–H and O–H groups in total. The Hall–Kier alpha value is -0.980. The van der Waals surface area contributed by atoms with Gasteiger partial charge in [0.1, 0.15) is 0 Å². The molecule has 2 bridgehead atoms. The zero-order valence-corrected chi connectivity index (χ0v) is 7.30. The SMILES string of the molecule is CC1CC12Cc1ccc(cc1)N2. The molecule has 3 aliphatic rings. The minimum absolute atomic E-state index is 0.428. The van der Waals surface area contributed by atoms with Gasteiger partial charge in [-0.3, -0.25) is 0 Å². The van der Waals surface area contributed by atoms with Gasteiger partial charge in [-0.1, -0.05) is 19.1 Å². The second-order valence-electron chi connectivity index (χ2n) is 4.26. The van der Waals surface area contributed by atoms with E-state index in [4.69, 9.17) is 0 Å². The van der Waals surface area contributed by atoms with Gasteiger partial charge in [-0.2, -0.15) is 0 Å². The molecule has 1 spiro atoms. The molecule has 1 fully saturated rings. The smallest absolute Gasteiger partial charge is 0.0443 e. The molecule has 2 aliphatic heterocycles. The number of anilines is 1. The van der Waals surface area contributed by atoms with Crippen LogP contribution >= 0.6 is 0 Å². The number of benzene rings is 1. The number of hydrogen-bond acceptors (Lipinski definition) is 1. The summed E-state index contributed by atoms with van der Waals surface area (Å²) in [6, 6.07) is 8.86. The van der Waals surface area contributed by atoms with Crippen molar-refractivity contribution in [2.45, 2.75) is 25.3 Å². The minimum Gasteiger partial charge on any atom is -0.379 e. The molecule has 1 saturated carbocycles. The summed E-state index contributed by atoms with van der Waals surface area (Å²) in [6.07, 6.45) is 2.55. The summed E-state index contributed by atoms with van der Waals surface area (Å²) < 4.78 is 0. The van der Waals surface area contributed by atoms with Gasteiger partial charge >= 0.3 is 0 Å². The Morgan fingerprint density at radius 3 is 2.58 bits per heavy atom. The number of nitrogens with one attached hydrogen (secondary N) is 1. The van der Waals surface area contributed by atoms with Gasteiger partial charge in [0.25, 0.3) is 0 Å². The highest BCUT2D eigenvalue weighted by Crippen LogP contribution is 2.49. The number of hydrogen-bond donors (Lipinski definition) is 1. The van der Waals surface area contributed by atoms with Crippen LogP contribution in [0.15, 0.2) is 24.3 Å². The summed E-state index contributed by atoms with van der Waals surface area (Å²) in [5.74, 6) is 0.849. The van der Waals surface area contributed by atoms with Crippen LogP contribution in [0.5, 0.6) is 0 Å². The standard InChI is InChI=1S/C11H13N/c1-8-6-11(8)7-9-2-4-10(12-11)5-3-9/h2-5,8,12H,6-7H2,1H3. The van der Waals surface area contributed by atoms with Gasteiger partial charge in [-0.25, -0.2) is 0 Å². The van der Waals surface area contributed by atoms with E-state index in [1.165, 1.54) is 24.1 Å². The molecular formula is C11H13N. The van der Waals surface area contributed by atoms with E-state index in [9.17, 15) is 0 Å². The lowest BCUT2D eigenvalue weighted by molar-refractivity contribution is 0.670. The van der Waals surface area contributed by atoms with Crippen LogP contribution in [0.2, 0.25) is 0 Å². The highest BCUT2D eigenvalue weighted by atomic mass is 15.0. The first-order valence-electron chi connectivity index (χ1n) is 4.66. The summed E-state index contributed by atoms with van der Waals surface area (Å²) in [7, 11) is 0. The quantitative estimate of drug-likeness (QED) is 0.613. The Balaban J connectivity index is 2.05. The van der Waals surface area contributed by atoms with Crippen LogP contribution in [0.1, 0.15) is 18.9 Å². The maximum Gasteiger partial charge on any atom is 0.0443 e. The van der Waals surface area contributed by atoms with Crippen LogP contribution in [0.4, 0.5) is 5.69 Å². The van der Waals surface area contributed by atoms with E-state index >= 15 is 0 Å². The summed E-state index contributed by atoms with van der Waals surface area (Å²) in [5, 5.41) is 3.63. The van der Waals surface area contributed by atoms with Crippen LogP contribution in [0.25, 0.3) is 0 Å². The first kappa shape index (κ1) is 6.53. The van der Waals surface area contributed by atoms with Gasteiger partial charge in [0.2, 0.25) is 0 Å². The number of rotatable bonds is 0. The fraction of sp³-hybridized carbons (Fsp3) is 0.455. The van der Waals surface area contributed by atoms with Gasteiger partial charge in [-0.15, -0.1) is 0 Å². The van der Waals surface area contributed by atoms with Crippen molar-refractivity contribution in [1.82, 2.24) is 0 Å². The third-order valence-corrected chi connectivity index (χ3v) is 3.32. The lowest BCUT2D eigenvalue weighted by atomic mass is 10.1. The lowest BCUT2D eigenvalue weighted by Crippen LogP contribution is -2.24. The van der Waals surface area contributed by atoms with E-state index in [2.05, 4.69) is 36.5 Å². The molecular weight excluding hydrogens is 146 g/mol. The Morgan fingerprint density at radius 2 is 2.00 bits per heavy atom. The van der Waals surface area contributed by atoms with E-state index in [-0.39, 0.29) is 0 Å². The van der Waals surface area contributed by atoms with Crippen LogP contribution in [-0.2, 0) is 6.42 Å². The molecule has 0 amide bonds. The monoisotopic (exact) mass is 159 g/mol. The van der Waals surface area contributed by atoms with Crippen LogP contribution < -0.4 is 5.32 Å². The highest BCUT2D eigenvalue weighted by molar-refractivity contribution is 5.53. The number of fused-ring (bicyclic) bond motifs is 2. The van der Waals surface area contributed by atoms with Crippen molar-refractivity contribution in [3.8, 4) is 0 Å². The molecule has 0 aromatic heterocycles. The molecule has 1 nitrogen and oxygen atoms in total. The Kier molecular flexibility index (Phi) is 1.00. The van der Waals surface area contributed by atoms with E-state index < -0.39 is 0 Å². The fourth-order valence-electron chi connectivity index (χ4n) is 2.31. The second-order valence-corrected chi connectivity index (χ2v) is 4.26. The Labute approximate surface area is 72.8 Å². The second kappa shape index (κ2) is 1.85. The molecule has 4 rings (SSSR count). The minimum atomic E-state index is 0.428. The topological polar surface area (TPSA) is 12.0 Å². The first-order valence-corrected chi connectivity index (χ1v) is 4.66. The summed E-state index contributed by atoms with van der Waals surface area (Å²) in [6.45, 7) is 2.33. The summed E-state index contributed by atoms with van der Waals surface area (Å²) >= 11 is 0. The van der Waals surface area contributed by atoms with Gasteiger partial charge in [0.15, 0.2) is 0 Å². The van der Waals surface area contributed by atoms with Crippen molar-refractivity contribution in [3.63, 3.8) is 0 Å². The lowest BCUT2D eigenvalue weighted by Gasteiger charge is -2.15. The molecule has 0 saturated heterocycles. The van der Waals surface area contributed by atoms with Crippen molar-refractivity contribution in [3.05, 3.63) is 29.8 Å².